The molecule has 2 amide bonds. The summed E-state index contributed by atoms with van der Waals surface area (Å²) in [5.74, 6) is -0.715. The summed E-state index contributed by atoms with van der Waals surface area (Å²) in [6, 6.07) is 3.22. The van der Waals surface area contributed by atoms with Crippen LogP contribution in [-0.4, -0.2) is 69.2 Å². The molecule has 5 heterocycles. The van der Waals surface area contributed by atoms with Crippen LogP contribution in [0.5, 0.6) is 0 Å². The third-order valence-corrected chi connectivity index (χ3v) is 6.69. The highest BCUT2D eigenvalue weighted by molar-refractivity contribution is 6.00. The van der Waals surface area contributed by atoms with Crippen molar-refractivity contribution in [1.29, 1.82) is 0 Å². The van der Waals surface area contributed by atoms with Gasteiger partial charge in [0.05, 0.1) is 30.6 Å². The van der Waals surface area contributed by atoms with Crippen LogP contribution in [0.15, 0.2) is 18.3 Å². The number of ether oxygens (including phenoxy) is 1. The molecule has 186 valence electrons. The van der Waals surface area contributed by atoms with E-state index in [1.807, 2.05) is 30.3 Å². The highest BCUT2D eigenvalue weighted by Crippen LogP contribution is 2.46. The van der Waals surface area contributed by atoms with Gasteiger partial charge in [-0.2, -0.15) is 15.0 Å². The van der Waals surface area contributed by atoms with Crippen LogP contribution < -0.4 is 20.9 Å². The van der Waals surface area contributed by atoms with E-state index in [1.54, 1.807) is 11.0 Å². The van der Waals surface area contributed by atoms with Crippen molar-refractivity contribution in [1.82, 2.24) is 35.5 Å². The Balaban J connectivity index is 1.39. The maximum Gasteiger partial charge on any atom is 0.273 e. The van der Waals surface area contributed by atoms with Gasteiger partial charge in [-0.15, -0.1) is 10.2 Å². The van der Waals surface area contributed by atoms with E-state index in [4.69, 9.17) is 19.0 Å². The minimum Gasteiger partial charge on any atom is -0.377 e. The van der Waals surface area contributed by atoms with Gasteiger partial charge in [0.1, 0.15) is 17.4 Å². The molecule has 3 aromatic rings. The van der Waals surface area contributed by atoms with Crippen LogP contribution in [-0.2, 0) is 9.53 Å². The Morgan fingerprint density at radius 2 is 2.06 bits per heavy atom. The molecule has 2 fully saturated rings. The molecule has 1 atom stereocenters. The lowest BCUT2D eigenvalue weighted by Gasteiger charge is -2.33. The van der Waals surface area contributed by atoms with Crippen molar-refractivity contribution >= 4 is 34.8 Å². The first kappa shape index (κ1) is 19.1. The average molecular weight is 494 g/mol. The molecule has 2 aliphatic heterocycles. The van der Waals surface area contributed by atoms with Gasteiger partial charge in [0.15, 0.2) is 17.3 Å². The molecule has 1 saturated carbocycles. The first-order valence-corrected chi connectivity index (χ1v) is 11.6. The van der Waals surface area contributed by atoms with Gasteiger partial charge in [0.2, 0.25) is 5.91 Å². The molecule has 0 aromatic carbocycles. The SMILES string of the molecule is [2H]C([2H])([2H])NC(=O)c1nnc(NC(=O)C2CC2)cc1Nc1nccc2c1N(C)[C@H](C)c1nn(C3COC3)nc1-2. The fourth-order valence-corrected chi connectivity index (χ4v) is 4.27. The Hall–Kier alpha value is -4.13. The molecule has 0 radical (unpaired) electrons. The van der Waals surface area contributed by atoms with Crippen LogP contribution in [0.4, 0.5) is 23.0 Å². The number of hydrogen-bond acceptors (Lipinski definition) is 10. The number of rotatable bonds is 6. The quantitative estimate of drug-likeness (QED) is 0.462. The van der Waals surface area contributed by atoms with Crippen LogP contribution in [0, 0.1) is 5.92 Å². The lowest BCUT2D eigenvalue weighted by Crippen LogP contribution is -2.32. The summed E-state index contributed by atoms with van der Waals surface area (Å²) >= 11 is 0. The second kappa shape index (κ2) is 8.52. The predicted octanol–water partition coefficient (Wildman–Crippen LogP) is 1.66. The summed E-state index contributed by atoms with van der Waals surface area (Å²) in [7, 11) is 1.90. The monoisotopic (exact) mass is 493 g/mol. The Morgan fingerprint density at radius 3 is 2.78 bits per heavy atom. The summed E-state index contributed by atoms with van der Waals surface area (Å²) < 4.78 is 27.6. The fourth-order valence-electron chi connectivity index (χ4n) is 4.27. The zero-order valence-corrected chi connectivity index (χ0v) is 19.6. The second-order valence-corrected chi connectivity index (χ2v) is 9.12. The standard InChI is InChI=1S/C23H26N10O3/c1-11-17-18(31-33(30-17)13-9-36-10-13)14-6-7-25-21(20(14)32(11)3)26-15-8-16(27-22(34)12-4-5-12)28-29-19(15)23(35)24-2/h6-8,11-13H,4-5,9-10H2,1-3H3,(H,24,35)(H2,25,26,27,28,34)/t11-/m1/s1/i2D3. The molecule has 1 aliphatic carbocycles. The van der Waals surface area contributed by atoms with Crippen molar-refractivity contribution in [3.05, 3.63) is 29.7 Å². The summed E-state index contributed by atoms with van der Waals surface area (Å²) in [6.45, 7) is 0.388. The predicted molar refractivity (Wildman–Crippen MR) is 130 cm³/mol. The molecule has 13 heteroatoms. The van der Waals surface area contributed by atoms with Gasteiger partial charge in [-0.1, -0.05) is 0 Å². The molecular formula is C23H26N10O3. The molecule has 3 aliphatic rings. The number of nitrogens with zero attached hydrogens (tertiary/aromatic N) is 7. The normalized spacial score (nSPS) is 20.2. The number of anilines is 4. The Labute approximate surface area is 210 Å². The number of carbonyl (C=O) groups excluding carboxylic acids is 2. The van der Waals surface area contributed by atoms with Crippen LogP contribution in [0.3, 0.4) is 0 Å². The maximum atomic E-state index is 12.8. The molecule has 3 aromatic heterocycles. The first-order valence-electron chi connectivity index (χ1n) is 13.1. The molecule has 36 heavy (non-hydrogen) atoms. The summed E-state index contributed by atoms with van der Waals surface area (Å²) in [4.78, 5) is 33.4. The Morgan fingerprint density at radius 1 is 1.22 bits per heavy atom. The van der Waals surface area contributed by atoms with E-state index < -0.39 is 12.9 Å². The summed E-state index contributed by atoms with van der Waals surface area (Å²) in [5.41, 5.74) is 2.89. The molecule has 1 saturated heterocycles. The van der Waals surface area contributed by atoms with Gasteiger partial charge in [0.25, 0.3) is 5.91 Å². The average Bonchev–Trinajstić information content (AvgIpc) is 3.60. The smallest absolute Gasteiger partial charge is 0.273 e. The molecule has 0 bridgehead atoms. The minimum absolute atomic E-state index is 0.0752. The molecule has 0 spiro atoms. The van der Waals surface area contributed by atoms with Crippen molar-refractivity contribution in [3.63, 3.8) is 0 Å². The van der Waals surface area contributed by atoms with Crippen molar-refractivity contribution in [3.8, 4) is 11.3 Å². The van der Waals surface area contributed by atoms with E-state index in [9.17, 15) is 9.59 Å². The van der Waals surface area contributed by atoms with E-state index in [0.29, 0.717) is 24.7 Å². The van der Waals surface area contributed by atoms with E-state index in [0.717, 1.165) is 29.8 Å². The molecule has 3 N–H and O–H groups in total. The van der Waals surface area contributed by atoms with Gasteiger partial charge >= 0.3 is 0 Å². The first-order chi connectivity index (χ1) is 18.6. The van der Waals surface area contributed by atoms with Crippen molar-refractivity contribution in [2.24, 2.45) is 5.92 Å². The number of nitrogens with one attached hydrogen (secondary N) is 3. The van der Waals surface area contributed by atoms with Gasteiger partial charge in [-0.25, -0.2) is 4.98 Å². The number of aromatic nitrogens is 6. The number of amides is 2. The van der Waals surface area contributed by atoms with Gasteiger partial charge < -0.3 is 25.6 Å². The van der Waals surface area contributed by atoms with E-state index in [2.05, 4.69) is 25.8 Å². The molecule has 0 unspecified atom stereocenters. The molecule has 6 rings (SSSR count). The molecule has 13 nitrogen and oxygen atoms in total. The zero-order valence-electron chi connectivity index (χ0n) is 22.6. The summed E-state index contributed by atoms with van der Waals surface area (Å²) in [6.07, 6.45) is 3.20. The highest BCUT2D eigenvalue weighted by Gasteiger charge is 2.35. The van der Waals surface area contributed by atoms with Gasteiger partial charge in [0, 0.05) is 41.9 Å². The van der Waals surface area contributed by atoms with Crippen LogP contribution in [0.1, 0.15) is 52.1 Å². The maximum absolute atomic E-state index is 12.8. The number of fused-ring (bicyclic) bond motifs is 3. The van der Waals surface area contributed by atoms with Gasteiger partial charge in [-0.05, 0) is 25.8 Å². The second-order valence-electron chi connectivity index (χ2n) is 9.12. The van der Waals surface area contributed by atoms with Crippen molar-refractivity contribution < 1.29 is 18.4 Å². The van der Waals surface area contributed by atoms with E-state index in [1.165, 1.54) is 6.07 Å². The van der Waals surface area contributed by atoms with Crippen LogP contribution in [0.25, 0.3) is 11.3 Å². The van der Waals surface area contributed by atoms with Crippen molar-refractivity contribution in [2.45, 2.75) is 31.8 Å². The zero-order chi connectivity index (χ0) is 27.5. The third kappa shape index (κ3) is 3.71. The van der Waals surface area contributed by atoms with Crippen LogP contribution >= 0.6 is 0 Å². The van der Waals surface area contributed by atoms with E-state index in [-0.39, 0.29) is 41.1 Å². The Kier molecular flexibility index (Phi) is 4.52. The van der Waals surface area contributed by atoms with Crippen molar-refractivity contribution in [2.75, 3.05) is 42.8 Å². The van der Waals surface area contributed by atoms with Crippen LogP contribution in [0.2, 0.25) is 0 Å². The fraction of sp³-hybridized carbons (Fsp3) is 0.435. The third-order valence-electron chi connectivity index (χ3n) is 6.69. The summed E-state index contributed by atoms with van der Waals surface area (Å²) in [5, 5.41) is 25.1. The number of hydrogen-bond donors (Lipinski definition) is 3. The minimum atomic E-state index is -2.73. The molecular weight excluding hydrogens is 464 g/mol. The topological polar surface area (TPSA) is 152 Å². The number of pyridine rings is 1. The van der Waals surface area contributed by atoms with E-state index >= 15 is 0 Å². The van der Waals surface area contributed by atoms with Gasteiger partial charge in [-0.3, -0.25) is 9.59 Å². The lowest BCUT2D eigenvalue weighted by molar-refractivity contribution is -0.117. The Bertz CT molecular complexity index is 1470. The largest absolute Gasteiger partial charge is 0.377 e. The number of carbonyl (C=O) groups is 2. The highest BCUT2D eigenvalue weighted by atomic mass is 16.5. The lowest BCUT2D eigenvalue weighted by atomic mass is 9.99.